The first-order valence-electron chi connectivity index (χ1n) is 8.75. The number of hydrogen-bond acceptors (Lipinski definition) is 3. The first-order valence-corrected chi connectivity index (χ1v) is 8.75. The van der Waals surface area contributed by atoms with E-state index in [0.29, 0.717) is 12.3 Å². The van der Waals surface area contributed by atoms with Gasteiger partial charge in [0.2, 0.25) is 0 Å². The Morgan fingerprint density at radius 3 is 2.68 bits per heavy atom. The molecule has 2 N–H and O–H groups in total. The van der Waals surface area contributed by atoms with Crippen LogP contribution in [0.2, 0.25) is 0 Å². The van der Waals surface area contributed by atoms with Crippen LogP contribution in [0.1, 0.15) is 59.3 Å². The highest BCUT2D eigenvalue weighted by Gasteiger charge is 2.38. The number of carbonyl (C=O) groups excluding carboxylic acids is 1. The van der Waals surface area contributed by atoms with E-state index in [0.717, 1.165) is 24.8 Å². The molecule has 1 aliphatic heterocycles. The van der Waals surface area contributed by atoms with Gasteiger partial charge in [0.1, 0.15) is 0 Å². The molecular weight excluding hydrogens is 278 g/mol. The number of hydrogen-bond donors (Lipinski definition) is 2. The molecule has 126 valence electrons. The molecule has 4 nitrogen and oxygen atoms in total. The SMILES string of the molecule is C=C1CC(C(O)C(=O)NC(CCCC)C2CC2)OC(C)C1C. The van der Waals surface area contributed by atoms with Gasteiger partial charge in [-0.25, -0.2) is 0 Å². The molecule has 0 aromatic carbocycles. The summed E-state index contributed by atoms with van der Waals surface area (Å²) >= 11 is 0. The van der Waals surface area contributed by atoms with E-state index in [1.807, 2.05) is 6.92 Å². The Balaban J connectivity index is 1.89. The molecular formula is C18H31NO3. The van der Waals surface area contributed by atoms with Crippen molar-refractivity contribution in [2.75, 3.05) is 0 Å². The van der Waals surface area contributed by atoms with E-state index in [4.69, 9.17) is 4.74 Å². The topological polar surface area (TPSA) is 58.6 Å². The summed E-state index contributed by atoms with van der Waals surface area (Å²) in [5.74, 6) is 0.590. The summed E-state index contributed by atoms with van der Waals surface area (Å²) in [5, 5.41) is 13.4. The molecule has 0 bridgehead atoms. The summed E-state index contributed by atoms with van der Waals surface area (Å²) in [6.45, 7) is 10.3. The Morgan fingerprint density at radius 2 is 2.14 bits per heavy atom. The van der Waals surface area contributed by atoms with Gasteiger partial charge in [-0.15, -0.1) is 0 Å². The number of ether oxygens (including phenoxy) is 1. The van der Waals surface area contributed by atoms with Crippen molar-refractivity contribution in [2.45, 2.75) is 83.6 Å². The first-order chi connectivity index (χ1) is 10.4. The van der Waals surface area contributed by atoms with Gasteiger partial charge in [-0.05, 0) is 38.5 Å². The molecule has 1 amide bonds. The van der Waals surface area contributed by atoms with Crippen molar-refractivity contribution in [3.05, 3.63) is 12.2 Å². The number of rotatable bonds is 7. The van der Waals surface area contributed by atoms with E-state index < -0.39 is 12.2 Å². The van der Waals surface area contributed by atoms with Crippen molar-refractivity contribution in [3.8, 4) is 0 Å². The summed E-state index contributed by atoms with van der Waals surface area (Å²) in [5.41, 5.74) is 1.06. The summed E-state index contributed by atoms with van der Waals surface area (Å²) in [7, 11) is 0. The standard InChI is InChI=1S/C18H31NO3/c1-5-6-7-15(14-8-9-14)19-18(21)17(20)16-10-11(2)12(3)13(4)22-16/h12-17,20H,2,5-10H2,1,3-4H3,(H,19,21). The second kappa shape index (κ2) is 7.60. The fourth-order valence-electron chi connectivity index (χ4n) is 3.19. The van der Waals surface area contributed by atoms with E-state index in [2.05, 4.69) is 25.7 Å². The Labute approximate surface area is 134 Å². The smallest absolute Gasteiger partial charge is 0.251 e. The number of carbonyl (C=O) groups is 1. The van der Waals surface area contributed by atoms with Crippen LogP contribution >= 0.6 is 0 Å². The van der Waals surface area contributed by atoms with Crippen LogP contribution in [0.4, 0.5) is 0 Å². The average molecular weight is 309 g/mol. The molecule has 2 rings (SSSR count). The Bertz CT molecular complexity index is 405. The zero-order valence-corrected chi connectivity index (χ0v) is 14.2. The Morgan fingerprint density at radius 1 is 1.45 bits per heavy atom. The zero-order chi connectivity index (χ0) is 16.3. The van der Waals surface area contributed by atoms with Gasteiger partial charge in [-0.1, -0.05) is 38.8 Å². The molecule has 0 spiro atoms. The van der Waals surface area contributed by atoms with E-state index in [1.165, 1.54) is 12.8 Å². The van der Waals surface area contributed by atoms with Crippen LogP contribution in [-0.2, 0) is 9.53 Å². The number of nitrogens with one attached hydrogen (secondary N) is 1. The van der Waals surface area contributed by atoms with Gasteiger partial charge in [0, 0.05) is 12.0 Å². The fourth-order valence-corrected chi connectivity index (χ4v) is 3.19. The van der Waals surface area contributed by atoms with E-state index in [9.17, 15) is 9.90 Å². The van der Waals surface area contributed by atoms with Crippen LogP contribution in [-0.4, -0.2) is 35.4 Å². The molecule has 1 aliphatic carbocycles. The molecule has 0 aromatic rings. The highest BCUT2D eigenvalue weighted by atomic mass is 16.5. The second-order valence-corrected chi connectivity index (χ2v) is 7.07. The maximum atomic E-state index is 12.4. The van der Waals surface area contributed by atoms with Gasteiger partial charge in [0.05, 0.1) is 12.2 Å². The van der Waals surface area contributed by atoms with Crippen LogP contribution in [0, 0.1) is 11.8 Å². The Hall–Kier alpha value is -0.870. The average Bonchev–Trinajstić information content (AvgIpc) is 3.32. The van der Waals surface area contributed by atoms with Crippen molar-refractivity contribution in [1.82, 2.24) is 5.32 Å². The predicted octanol–water partition coefficient (Wildman–Crippen LogP) is 2.80. The third kappa shape index (κ3) is 4.32. The number of amides is 1. The van der Waals surface area contributed by atoms with Gasteiger partial charge >= 0.3 is 0 Å². The first kappa shape index (κ1) is 17.5. The molecule has 1 heterocycles. The van der Waals surface area contributed by atoms with Gasteiger partial charge < -0.3 is 15.2 Å². The monoisotopic (exact) mass is 309 g/mol. The second-order valence-electron chi connectivity index (χ2n) is 7.07. The van der Waals surface area contributed by atoms with Gasteiger partial charge in [-0.2, -0.15) is 0 Å². The van der Waals surface area contributed by atoms with Crippen LogP contribution in [0.5, 0.6) is 0 Å². The third-order valence-corrected chi connectivity index (χ3v) is 5.21. The van der Waals surface area contributed by atoms with Crippen LogP contribution in [0.3, 0.4) is 0 Å². The minimum atomic E-state index is -1.10. The molecule has 22 heavy (non-hydrogen) atoms. The third-order valence-electron chi connectivity index (χ3n) is 5.21. The number of unbranched alkanes of at least 4 members (excludes halogenated alkanes) is 1. The summed E-state index contributed by atoms with van der Waals surface area (Å²) in [4.78, 5) is 12.4. The molecule has 0 radical (unpaired) electrons. The molecule has 1 saturated carbocycles. The maximum absolute atomic E-state index is 12.4. The lowest BCUT2D eigenvalue weighted by Gasteiger charge is -2.36. The molecule has 2 fully saturated rings. The summed E-state index contributed by atoms with van der Waals surface area (Å²) in [6.07, 6.45) is 4.61. The van der Waals surface area contributed by atoms with E-state index >= 15 is 0 Å². The van der Waals surface area contributed by atoms with Crippen molar-refractivity contribution in [2.24, 2.45) is 11.8 Å². The van der Waals surface area contributed by atoms with E-state index in [1.54, 1.807) is 0 Å². The maximum Gasteiger partial charge on any atom is 0.251 e. The van der Waals surface area contributed by atoms with E-state index in [-0.39, 0.29) is 24.0 Å². The van der Waals surface area contributed by atoms with Crippen molar-refractivity contribution in [1.29, 1.82) is 0 Å². The minimum Gasteiger partial charge on any atom is -0.381 e. The number of aliphatic hydroxyl groups excluding tert-OH is 1. The quantitative estimate of drug-likeness (QED) is 0.711. The Kier molecular flexibility index (Phi) is 6.04. The lowest BCUT2D eigenvalue weighted by Crippen LogP contribution is -2.50. The normalized spacial score (nSPS) is 31.6. The molecule has 1 saturated heterocycles. The van der Waals surface area contributed by atoms with Gasteiger partial charge in [-0.3, -0.25) is 4.79 Å². The minimum absolute atomic E-state index is 0.00646. The van der Waals surface area contributed by atoms with Crippen molar-refractivity contribution >= 4 is 5.91 Å². The molecule has 5 unspecified atom stereocenters. The molecule has 2 aliphatic rings. The molecule has 0 aromatic heterocycles. The van der Waals surface area contributed by atoms with Crippen LogP contribution in [0.25, 0.3) is 0 Å². The summed E-state index contributed by atoms with van der Waals surface area (Å²) < 4.78 is 5.82. The van der Waals surface area contributed by atoms with Crippen LogP contribution in [0.15, 0.2) is 12.2 Å². The largest absolute Gasteiger partial charge is 0.381 e. The fraction of sp³-hybridized carbons (Fsp3) is 0.833. The predicted molar refractivity (Wildman–Crippen MR) is 87.4 cm³/mol. The lowest BCUT2D eigenvalue weighted by molar-refractivity contribution is -0.147. The highest BCUT2D eigenvalue weighted by molar-refractivity contribution is 5.81. The number of aliphatic hydroxyl groups is 1. The van der Waals surface area contributed by atoms with Crippen molar-refractivity contribution in [3.63, 3.8) is 0 Å². The van der Waals surface area contributed by atoms with Gasteiger partial charge in [0.15, 0.2) is 6.10 Å². The highest BCUT2D eigenvalue weighted by Crippen LogP contribution is 2.35. The zero-order valence-electron chi connectivity index (χ0n) is 14.2. The van der Waals surface area contributed by atoms with Crippen molar-refractivity contribution < 1.29 is 14.6 Å². The lowest BCUT2D eigenvalue weighted by atomic mass is 9.88. The van der Waals surface area contributed by atoms with Gasteiger partial charge in [0.25, 0.3) is 5.91 Å². The summed E-state index contributed by atoms with van der Waals surface area (Å²) in [6, 6.07) is 0.213. The van der Waals surface area contributed by atoms with Crippen LogP contribution < -0.4 is 5.32 Å². The molecule has 4 heteroatoms. The molecule has 5 atom stereocenters.